The predicted molar refractivity (Wildman–Crippen MR) is 425 cm³/mol. The van der Waals surface area contributed by atoms with Crippen LogP contribution in [0.3, 0.4) is 0 Å². The Bertz CT molecular complexity index is 2210. The standard InChI is InChI=1S/C90H154O8/c1-9-15-21-25-29-33-37-41-45-51-63-93-87-73-83(75-91)89(95-65-53-47-43-39-35-31-27-23-17-11-3)71-81(87)59-57-79-69-86(98-68-62-78(8)56-50-20-14-6)80(70-85(79)97-67-61-77(7)55-49-19-13-5)58-60-82-72-90(96-66-54-48-44-40-36-32-28-24-18-12-4)84(76-92)74-88(82)94-64-52-46-42-38-34-30-26-22-16-10-2/h57-60,69-74,77-78,91-92H,9-56,61-68,75-76H2,1-8H3/b59-57+,60-58+/t77-,78-/m0/s1. The third kappa shape index (κ3) is 43.6. The van der Waals surface area contributed by atoms with Crippen molar-refractivity contribution in [1.82, 2.24) is 0 Å². The number of hydrogen-bond donors (Lipinski definition) is 2. The van der Waals surface area contributed by atoms with Crippen LogP contribution in [0, 0.1) is 11.8 Å². The quantitative estimate of drug-likeness (QED) is 0.0426. The summed E-state index contributed by atoms with van der Waals surface area (Å²) in [6.45, 7) is 21.8. The van der Waals surface area contributed by atoms with E-state index in [0.717, 1.165) is 121 Å². The molecule has 0 fully saturated rings. The van der Waals surface area contributed by atoms with Crippen LogP contribution in [0.2, 0.25) is 0 Å². The smallest absolute Gasteiger partial charge is 0.127 e. The molecule has 0 unspecified atom stereocenters. The van der Waals surface area contributed by atoms with E-state index in [9.17, 15) is 10.2 Å². The van der Waals surface area contributed by atoms with Crippen molar-refractivity contribution in [2.24, 2.45) is 11.8 Å². The lowest BCUT2D eigenvalue weighted by atomic mass is 10.00. The van der Waals surface area contributed by atoms with Crippen LogP contribution in [0.15, 0.2) is 36.4 Å². The fraction of sp³-hybridized carbons (Fsp3) is 0.756. The highest BCUT2D eigenvalue weighted by Crippen LogP contribution is 2.38. The lowest BCUT2D eigenvalue weighted by Gasteiger charge is -2.18. The van der Waals surface area contributed by atoms with Crippen molar-refractivity contribution in [3.05, 3.63) is 69.8 Å². The van der Waals surface area contributed by atoms with Gasteiger partial charge in [-0.3, -0.25) is 0 Å². The van der Waals surface area contributed by atoms with Gasteiger partial charge in [0.15, 0.2) is 0 Å². The van der Waals surface area contributed by atoms with Gasteiger partial charge in [-0.15, -0.1) is 0 Å². The van der Waals surface area contributed by atoms with Gasteiger partial charge in [-0.1, -0.05) is 362 Å². The molecule has 562 valence electrons. The zero-order valence-electron chi connectivity index (χ0n) is 65.3. The van der Waals surface area contributed by atoms with E-state index in [4.69, 9.17) is 28.4 Å². The molecule has 0 saturated carbocycles. The highest BCUT2D eigenvalue weighted by Gasteiger charge is 2.17. The third-order valence-electron chi connectivity index (χ3n) is 20.1. The van der Waals surface area contributed by atoms with E-state index in [1.807, 2.05) is 12.1 Å². The first-order valence-electron chi connectivity index (χ1n) is 42.1. The summed E-state index contributed by atoms with van der Waals surface area (Å²) in [5.41, 5.74) is 5.21. The number of ether oxygens (including phenoxy) is 6. The van der Waals surface area contributed by atoms with Crippen LogP contribution >= 0.6 is 0 Å². The largest absolute Gasteiger partial charge is 0.493 e. The summed E-state index contributed by atoms with van der Waals surface area (Å²) in [5, 5.41) is 21.7. The minimum Gasteiger partial charge on any atom is -0.493 e. The molecule has 0 heterocycles. The fourth-order valence-electron chi connectivity index (χ4n) is 13.3. The van der Waals surface area contributed by atoms with Gasteiger partial charge in [0.25, 0.3) is 0 Å². The Morgan fingerprint density at radius 2 is 0.429 bits per heavy atom. The van der Waals surface area contributed by atoms with Gasteiger partial charge in [0.2, 0.25) is 0 Å². The lowest BCUT2D eigenvalue weighted by molar-refractivity contribution is 0.256. The summed E-state index contributed by atoms with van der Waals surface area (Å²) >= 11 is 0. The van der Waals surface area contributed by atoms with Crippen LogP contribution in [0.1, 0.15) is 410 Å². The molecule has 0 aliphatic rings. The first-order chi connectivity index (χ1) is 48.2. The minimum absolute atomic E-state index is 0.125. The Balaban J connectivity index is 2.13. The summed E-state index contributed by atoms with van der Waals surface area (Å²) in [7, 11) is 0. The van der Waals surface area contributed by atoms with Gasteiger partial charge in [0.1, 0.15) is 34.5 Å². The molecule has 8 heteroatoms. The molecule has 3 rings (SSSR count). The van der Waals surface area contributed by atoms with Gasteiger partial charge >= 0.3 is 0 Å². The van der Waals surface area contributed by atoms with E-state index >= 15 is 0 Å². The molecule has 3 aromatic rings. The van der Waals surface area contributed by atoms with Gasteiger partial charge in [-0.05, 0) is 86.8 Å². The first-order valence-corrected chi connectivity index (χ1v) is 42.1. The maximum atomic E-state index is 10.9. The average molecular weight is 1360 g/mol. The molecule has 0 aliphatic carbocycles. The summed E-state index contributed by atoms with van der Waals surface area (Å²) < 4.78 is 40.7. The summed E-state index contributed by atoms with van der Waals surface area (Å²) in [4.78, 5) is 0. The second kappa shape index (κ2) is 62.6. The van der Waals surface area contributed by atoms with Crippen LogP contribution in [0.25, 0.3) is 24.3 Å². The van der Waals surface area contributed by atoms with Crippen LogP contribution in [-0.4, -0.2) is 49.9 Å². The molecule has 2 atom stereocenters. The number of aliphatic hydroxyl groups is 2. The van der Waals surface area contributed by atoms with E-state index in [1.165, 1.54) is 257 Å². The molecule has 0 amide bonds. The molecule has 0 radical (unpaired) electrons. The minimum atomic E-state index is -0.125. The Hall–Kier alpha value is -4.14. The van der Waals surface area contributed by atoms with Crippen LogP contribution in [0.4, 0.5) is 0 Å². The van der Waals surface area contributed by atoms with Crippen LogP contribution in [-0.2, 0) is 13.2 Å². The number of aliphatic hydroxyl groups excluding tert-OH is 2. The maximum Gasteiger partial charge on any atom is 0.127 e. The zero-order chi connectivity index (χ0) is 70.4. The highest BCUT2D eigenvalue weighted by molar-refractivity contribution is 5.81. The second-order valence-corrected chi connectivity index (χ2v) is 29.5. The first kappa shape index (κ1) is 88.1. The van der Waals surface area contributed by atoms with Crippen LogP contribution < -0.4 is 28.4 Å². The fourth-order valence-corrected chi connectivity index (χ4v) is 13.3. The molecule has 0 spiro atoms. The Morgan fingerprint density at radius 1 is 0.235 bits per heavy atom. The zero-order valence-corrected chi connectivity index (χ0v) is 65.3. The number of unbranched alkanes of at least 4 members (excludes halogenated alkanes) is 40. The van der Waals surface area contributed by atoms with E-state index in [2.05, 4.69) is 104 Å². The highest BCUT2D eigenvalue weighted by atomic mass is 16.5. The molecule has 3 aromatic carbocycles. The van der Waals surface area contributed by atoms with Crippen molar-refractivity contribution in [2.45, 2.75) is 390 Å². The topological polar surface area (TPSA) is 95.8 Å². The molecular weight excluding hydrogens is 1210 g/mol. The Kier molecular flexibility index (Phi) is 56.3. The summed E-state index contributed by atoms with van der Waals surface area (Å²) in [5.74, 6) is 5.63. The van der Waals surface area contributed by atoms with Gasteiger partial charge in [-0.25, -0.2) is 0 Å². The maximum absolute atomic E-state index is 10.9. The van der Waals surface area contributed by atoms with Crippen molar-refractivity contribution < 1.29 is 38.6 Å². The molecule has 0 saturated heterocycles. The molecule has 2 N–H and O–H groups in total. The van der Waals surface area contributed by atoms with Gasteiger partial charge in [-0.2, -0.15) is 0 Å². The Labute approximate surface area is 605 Å². The van der Waals surface area contributed by atoms with Gasteiger partial charge < -0.3 is 38.6 Å². The average Bonchev–Trinajstić information content (AvgIpc) is 0.823. The molecular formula is C90H154O8. The van der Waals surface area contributed by atoms with Crippen molar-refractivity contribution in [2.75, 3.05) is 39.6 Å². The second-order valence-electron chi connectivity index (χ2n) is 29.5. The monoisotopic (exact) mass is 1360 g/mol. The van der Waals surface area contributed by atoms with Gasteiger partial charge in [0.05, 0.1) is 52.9 Å². The van der Waals surface area contributed by atoms with E-state index in [0.29, 0.717) is 63.0 Å². The van der Waals surface area contributed by atoms with E-state index in [1.54, 1.807) is 0 Å². The molecule has 0 aliphatic heterocycles. The molecule has 0 bridgehead atoms. The SMILES string of the molecule is CCCCCCCCCCCCOc1cc(CO)c(OCCCCCCCCCCCC)cc1/C=C/c1cc(OCC[C@@H](C)CCCCC)c(/C=C/c2cc(OCCCCCCCCCCCC)c(CO)cc2OCCCCCCCCCCCC)cc1OCC[C@@H](C)CCCCC. The van der Waals surface area contributed by atoms with Crippen molar-refractivity contribution in [3.63, 3.8) is 0 Å². The normalized spacial score (nSPS) is 12.3. The van der Waals surface area contributed by atoms with E-state index < -0.39 is 0 Å². The molecule has 8 nitrogen and oxygen atoms in total. The van der Waals surface area contributed by atoms with Gasteiger partial charge in [0, 0.05) is 33.4 Å². The summed E-state index contributed by atoms with van der Waals surface area (Å²) in [6.07, 6.45) is 71.0. The predicted octanol–water partition coefficient (Wildman–Crippen LogP) is 28.2. The number of benzene rings is 3. The van der Waals surface area contributed by atoms with E-state index in [-0.39, 0.29) is 13.2 Å². The van der Waals surface area contributed by atoms with Crippen molar-refractivity contribution in [3.8, 4) is 34.5 Å². The number of rotatable bonds is 70. The molecule has 98 heavy (non-hydrogen) atoms. The lowest BCUT2D eigenvalue weighted by Crippen LogP contribution is -2.07. The van der Waals surface area contributed by atoms with Crippen LogP contribution in [0.5, 0.6) is 34.5 Å². The third-order valence-corrected chi connectivity index (χ3v) is 20.1. The number of hydrogen-bond acceptors (Lipinski definition) is 8. The van der Waals surface area contributed by atoms with Crippen molar-refractivity contribution in [1.29, 1.82) is 0 Å². The van der Waals surface area contributed by atoms with Crippen molar-refractivity contribution >= 4 is 24.3 Å². The molecule has 0 aromatic heterocycles. The summed E-state index contributed by atoms with van der Waals surface area (Å²) in [6, 6.07) is 12.6. The Morgan fingerprint density at radius 3 is 0.673 bits per heavy atom.